The minimum atomic E-state index is 0.432. The molecule has 3 rings (SSSR count). The second-order valence-electron chi connectivity index (χ2n) is 4.29. The van der Waals surface area contributed by atoms with E-state index >= 15 is 0 Å². The molecule has 0 fully saturated rings. The van der Waals surface area contributed by atoms with Crippen LogP contribution in [0.15, 0.2) is 48.5 Å². The van der Waals surface area contributed by atoms with Gasteiger partial charge in [0.15, 0.2) is 12.1 Å². The zero-order valence-electron chi connectivity index (χ0n) is 10.1. The van der Waals surface area contributed by atoms with Crippen molar-refractivity contribution in [1.82, 2.24) is 9.55 Å². The molecule has 1 aromatic heterocycles. The fourth-order valence-corrected chi connectivity index (χ4v) is 2.38. The zero-order valence-corrected chi connectivity index (χ0v) is 10.8. The van der Waals surface area contributed by atoms with Gasteiger partial charge in [-0.25, -0.2) is 4.98 Å². The van der Waals surface area contributed by atoms with E-state index in [4.69, 9.17) is 11.6 Å². The highest BCUT2D eigenvalue weighted by atomic mass is 35.5. The van der Waals surface area contributed by atoms with Crippen molar-refractivity contribution in [3.05, 3.63) is 64.9 Å². The van der Waals surface area contributed by atoms with Crippen molar-refractivity contribution < 1.29 is 4.79 Å². The molecule has 0 spiro atoms. The Morgan fingerprint density at radius 1 is 1.16 bits per heavy atom. The average Bonchev–Trinajstić information content (AvgIpc) is 2.77. The van der Waals surface area contributed by atoms with E-state index in [1.807, 2.05) is 53.1 Å². The molecule has 0 amide bonds. The maximum absolute atomic E-state index is 11.1. The van der Waals surface area contributed by atoms with Crippen molar-refractivity contribution in [2.75, 3.05) is 0 Å². The normalized spacial score (nSPS) is 10.8. The Morgan fingerprint density at radius 3 is 2.79 bits per heavy atom. The number of rotatable bonds is 3. The van der Waals surface area contributed by atoms with Crippen LogP contribution in [-0.4, -0.2) is 15.8 Å². The number of aldehydes is 1. The smallest absolute Gasteiger partial charge is 0.185 e. The number of fused-ring (bicyclic) bond motifs is 1. The van der Waals surface area contributed by atoms with E-state index in [2.05, 4.69) is 4.98 Å². The summed E-state index contributed by atoms with van der Waals surface area (Å²) < 4.78 is 1.90. The van der Waals surface area contributed by atoms with Gasteiger partial charge in [0.05, 0.1) is 11.0 Å². The van der Waals surface area contributed by atoms with Gasteiger partial charge < -0.3 is 4.57 Å². The van der Waals surface area contributed by atoms with Crippen LogP contribution in [0.5, 0.6) is 0 Å². The third-order valence-corrected chi connectivity index (χ3v) is 3.25. The SMILES string of the molecule is O=Cc1nc2ccccc2n1Cc1cccc(Cl)c1. The fourth-order valence-electron chi connectivity index (χ4n) is 2.17. The van der Waals surface area contributed by atoms with E-state index in [0.29, 0.717) is 17.4 Å². The Hall–Kier alpha value is -2.13. The van der Waals surface area contributed by atoms with Crippen LogP contribution in [0.4, 0.5) is 0 Å². The van der Waals surface area contributed by atoms with Gasteiger partial charge in [-0.05, 0) is 29.8 Å². The van der Waals surface area contributed by atoms with Crippen LogP contribution in [0.3, 0.4) is 0 Å². The summed E-state index contributed by atoms with van der Waals surface area (Å²) in [6.45, 7) is 0.579. The maximum atomic E-state index is 11.1. The van der Waals surface area contributed by atoms with Crippen LogP contribution in [0, 0.1) is 0 Å². The Bertz CT molecular complexity index is 749. The van der Waals surface area contributed by atoms with Gasteiger partial charge in [-0.1, -0.05) is 35.9 Å². The van der Waals surface area contributed by atoms with Crippen molar-refractivity contribution in [2.45, 2.75) is 6.54 Å². The van der Waals surface area contributed by atoms with Gasteiger partial charge in [0.2, 0.25) is 0 Å². The van der Waals surface area contributed by atoms with E-state index < -0.39 is 0 Å². The van der Waals surface area contributed by atoms with Crippen LogP contribution >= 0.6 is 11.6 Å². The van der Waals surface area contributed by atoms with E-state index in [1.54, 1.807) is 0 Å². The lowest BCUT2D eigenvalue weighted by atomic mass is 10.2. The maximum Gasteiger partial charge on any atom is 0.185 e. The molecule has 4 heteroatoms. The molecule has 0 aliphatic heterocycles. The van der Waals surface area contributed by atoms with Gasteiger partial charge in [-0.15, -0.1) is 0 Å². The highest BCUT2D eigenvalue weighted by Gasteiger charge is 2.09. The molecule has 0 unspecified atom stereocenters. The van der Waals surface area contributed by atoms with Crippen LogP contribution in [0.25, 0.3) is 11.0 Å². The predicted octanol–water partition coefficient (Wildman–Crippen LogP) is 3.55. The summed E-state index contributed by atoms with van der Waals surface area (Å²) in [4.78, 5) is 15.5. The first kappa shape index (κ1) is 11.9. The number of aromatic nitrogens is 2. The van der Waals surface area contributed by atoms with E-state index in [9.17, 15) is 4.79 Å². The zero-order chi connectivity index (χ0) is 13.2. The lowest BCUT2D eigenvalue weighted by molar-refractivity contribution is 0.111. The minimum absolute atomic E-state index is 0.432. The molecule has 19 heavy (non-hydrogen) atoms. The molecule has 0 saturated carbocycles. The Morgan fingerprint density at radius 2 is 2.00 bits per heavy atom. The molecular formula is C15H11ClN2O. The fraction of sp³-hybridized carbons (Fsp3) is 0.0667. The second-order valence-corrected chi connectivity index (χ2v) is 4.73. The molecule has 0 atom stereocenters. The van der Waals surface area contributed by atoms with E-state index in [0.717, 1.165) is 22.9 Å². The molecular weight excluding hydrogens is 260 g/mol. The quantitative estimate of drug-likeness (QED) is 0.682. The molecule has 0 saturated heterocycles. The monoisotopic (exact) mass is 270 g/mol. The number of carbonyl (C=O) groups excluding carboxylic acids is 1. The topological polar surface area (TPSA) is 34.9 Å². The largest absolute Gasteiger partial charge is 0.317 e. The summed E-state index contributed by atoms with van der Waals surface area (Å²) in [5.41, 5.74) is 2.81. The number of hydrogen-bond donors (Lipinski definition) is 0. The standard InChI is InChI=1S/C15H11ClN2O/c16-12-5-3-4-11(8-12)9-18-14-7-2-1-6-13(14)17-15(18)10-19/h1-8,10H,9H2. The Kier molecular flexibility index (Phi) is 3.05. The number of imidazole rings is 1. The summed E-state index contributed by atoms with van der Waals surface area (Å²) in [6.07, 6.45) is 0.782. The predicted molar refractivity (Wildman–Crippen MR) is 75.7 cm³/mol. The lowest BCUT2D eigenvalue weighted by Gasteiger charge is -2.06. The first-order chi connectivity index (χ1) is 9.28. The number of hydrogen-bond acceptors (Lipinski definition) is 2. The van der Waals surface area contributed by atoms with Gasteiger partial charge in [0.1, 0.15) is 0 Å². The number of para-hydroxylation sites is 2. The summed E-state index contributed by atoms with van der Waals surface area (Å²) in [5, 5.41) is 0.689. The van der Waals surface area contributed by atoms with Crippen LogP contribution in [-0.2, 0) is 6.54 Å². The first-order valence-corrected chi connectivity index (χ1v) is 6.30. The molecule has 0 aliphatic rings. The molecule has 2 aromatic carbocycles. The van der Waals surface area contributed by atoms with Gasteiger partial charge in [-0.3, -0.25) is 4.79 Å². The van der Waals surface area contributed by atoms with Crippen molar-refractivity contribution >= 4 is 28.9 Å². The van der Waals surface area contributed by atoms with E-state index in [1.165, 1.54) is 0 Å². The van der Waals surface area contributed by atoms with Crippen LogP contribution in [0.2, 0.25) is 5.02 Å². The molecule has 0 aliphatic carbocycles. The molecule has 1 heterocycles. The molecule has 0 N–H and O–H groups in total. The summed E-state index contributed by atoms with van der Waals surface area (Å²) in [5.74, 6) is 0.432. The number of benzene rings is 2. The number of nitrogens with zero attached hydrogens (tertiary/aromatic N) is 2. The first-order valence-electron chi connectivity index (χ1n) is 5.93. The summed E-state index contributed by atoms with van der Waals surface area (Å²) in [6, 6.07) is 15.3. The summed E-state index contributed by atoms with van der Waals surface area (Å²) in [7, 11) is 0. The molecule has 0 bridgehead atoms. The molecule has 3 nitrogen and oxygen atoms in total. The van der Waals surface area contributed by atoms with Gasteiger partial charge in [-0.2, -0.15) is 0 Å². The molecule has 0 radical (unpaired) electrons. The van der Waals surface area contributed by atoms with Gasteiger partial charge >= 0.3 is 0 Å². The van der Waals surface area contributed by atoms with Crippen molar-refractivity contribution in [3.8, 4) is 0 Å². The highest BCUT2D eigenvalue weighted by Crippen LogP contribution is 2.18. The van der Waals surface area contributed by atoms with Gasteiger partial charge in [0.25, 0.3) is 0 Å². The van der Waals surface area contributed by atoms with Crippen LogP contribution < -0.4 is 0 Å². The minimum Gasteiger partial charge on any atom is -0.317 e. The second kappa shape index (κ2) is 4.86. The Labute approximate surface area is 115 Å². The molecule has 94 valence electrons. The third-order valence-electron chi connectivity index (χ3n) is 3.02. The Balaban J connectivity index is 2.11. The van der Waals surface area contributed by atoms with Gasteiger partial charge in [0, 0.05) is 11.6 Å². The van der Waals surface area contributed by atoms with Crippen molar-refractivity contribution in [1.29, 1.82) is 0 Å². The molecule has 3 aromatic rings. The lowest BCUT2D eigenvalue weighted by Crippen LogP contribution is -2.04. The number of halogens is 1. The average molecular weight is 271 g/mol. The van der Waals surface area contributed by atoms with Crippen molar-refractivity contribution in [3.63, 3.8) is 0 Å². The third kappa shape index (κ3) is 2.25. The number of carbonyl (C=O) groups is 1. The van der Waals surface area contributed by atoms with Crippen LogP contribution in [0.1, 0.15) is 16.2 Å². The van der Waals surface area contributed by atoms with E-state index in [-0.39, 0.29) is 0 Å². The van der Waals surface area contributed by atoms with Crippen molar-refractivity contribution in [2.24, 2.45) is 0 Å². The highest BCUT2D eigenvalue weighted by molar-refractivity contribution is 6.30. The summed E-state index contributed by atoms with van der Waals surface area (Å²) >= 11 is 5.98.